The number of halogens is 1. The second kappa shape index (κ2) is 8.56. The van der Waals surface area contributed by atoms with Gasteiger partial charge in [-0.15, -0.1) is 0 Å². The third kappa shape index (κ3) is 3.67. The van der Waals surface area contributed by atoms with Crippen LogP contribution in [0.25, 0.3) is 5.76 Å². The fourth-order valence-corrected chi connectivity index (χ4v) is 3.49. The maximum atomic E-state index is 12.8. The minimum absolute atomic E-state index is 0.000959. The number of aliphatic hydroxyl groups is 1. The molecular formula is C21H20ClNO5. The van der Waals surface area contributed by atoms with Gasteiger partial charge in [0.15, 0.2) is 6.29 Å². The van der Waals surface area contributed by atoms with E-state index in [0.29, 0.717) is 16.1 Å². The maximum absolute atomic E-state index is 12.8. The van der Waals surface area contributed by atoms with Crippen molar-refractivity contribution in [3.8, 4) is 0 Å². The maximum Gasteiger partial charge on any atom is 0.295 e. The van der Waals surface area contributed by atoms with Gasteiger partial charge in [-0.3, -0.25) is 9.59 Å². The first kappa shape index (κ1) is 20.1. The van der Waals surface area contributed by atoms with Gasteiger partial charge in [-0.05, 0) is 11.6 Å². The van der Waals surface area contributed by atoms with E-state index in [9.17, 15) is 14.7 Å². The van der Waals surface area contributed by atoms with Gasteiger partial charge in [0.05, 0.1) is 18.2 Å². The van der Waals surface area contributed by atoms with E-state index in [1.54, 1.807) is 54.6 Å². The zero-order valence-corrected chi connectivity index (χ0v) is 16.2. The molecule has 28 heavy (non-hydrogen) atoms. The zero-order chi connectivity index (χ0) is 20.3. The van der Waals surface area contributed by atoms with Gasteiger partial charge >= 0.3 is 0 Å². The van der Waals surface area contributed by atoms with E-state index in [-0.39, 0.29) is 17.9 Å². The number of hydrogen-bond donors (Lipinski definition) is 1. The molecule has 0 spiro atoms. The molecular weight excluding hydrogens is 382 g/mol. The first-order valence-corrected chi connectivity index (χ1v) is 9.01. The van der Waals surface area contributed by atoms with Crippen molar-refractivity contribution >= 4 is 29.1 Å². The number of carbonyl (C=O) groups excluding carboxylic acids is 2. The number of benzene rings is 2. The summed E-state index contributed by atoms with van der Waals surface area (Å²) in [6, 6.07) is 14.6. The number of ether oxygens (including phenoxy) is 2. The Morgan fingerprint density at radius 1 is 1.07 bits per heavy atom. The average molecular weight is 402 g/mol. The molecule has 0 bridgehead atoms. The van der Waals surface area contributed by atoms with Crippen LogP contribution in [0.1, 0.15) is 17.2 Å². The molecule has 1 unspecified atom stereocenters. The molecule has 146 valence electrons. The highest BCUT2D eigenvalue weighted by Crippen LogP contribution is 2.41. The minimum atomic E-state index is -0.860. The van der Waals surface area contributed by atoms with Crippen LogP contribution < -0.4 is 0 Å². The second-order valence-electron chi connectivity index (χ2n) is 6.24. The predicted molar refractivity (Wildman–Crippen MR) is 105 cm³/mol. The summed E-state index contributed by atoms with van der Waals surface area (Å²) in [5.41, 5.74) is 0.953. The molecule has 0 aliphatic carbocycles. The van der Waals surface area contributed by atoms with Crippen molar-refractivity contribution < 1.29 is 24.2 Å². The van der Waals surface area contributed by atoms with E-state index in [0.717, 1.165) is 0 Å². The fourth-order valence-electron chi connectivity index (χ4n) is 3.25. The summed E-state index contributed by atoms with van der Waals surface area (Å²) in [5, 5.41) is 11.3. The van der Waals surface area contributed by atoms with Crippen LogP contribution in [-0.4, -0.2) is 48.8 Å². The third-order valence-corrected chi connectivity index (χ3v) is 5.00. The van der Waals surface area contributed by atoms with Crippen molar-refractivity contribution in [2.75, 3.05) is 20.8 Å². The van der Waals surface area contributed by atoms with E-state index in [2.05, 4.69) is 0 Å². The van der Waals surface area contributed by atoms with Gasteiger partial charge in [-0.25, -0.2) is 0 Å². The van der Waals surface area contributed by atoms with Gasteiger partial charge in [-0.2, -0.15) is 0 Å². The van der Waals surface area contributed by atoms with Gasteiger partial charge in [-0.1, -0.05) is 60.1 Å². The lowest BCUT2D eigenvalue weighted by Gasteiger charge is -2.28. The Balaban J connectivity index is 2.18. The highest BCUT2D eigenvalue weighted by molar-refractivity contribution is 6.47. The van der Waals surface area contributed by atoms with Crippen molar-refractivity contribution in [3.05, 3.63) is 76.3 Å². The number of nitrogens with zero attached hydrogens (tertiary/aromatic N) is 1. The summed E-state index contributed by atoms with van der Waals surface area (Å²) in [4.78, 5) is 27.0. The Bertz CT molecular complexity index is 908. The Morgan fingerprint density at radius 3 is 2.29 bits per heavy atom. The fraction of sp³-hybridized carbons (Fsp3) is 0.238. The molecule has 2 aromatic carbocycles. The standard InChI is InChI=1S/C21H20ClNO5/c1-27-16(28-2)12-23-18(14-10-6-7-11-15(14)22)17(20(25)21(23)26)19(24)13-8-4-3-5-9-13/h3-11,16,18,24H,12H2,1-2H3/b19-17-. The van der Waals surface area contributed by atoms with Crippen molar-refractivity contribution in [2.24, 2.45) is 0 Å². The van der Waals surface area contributed by atoms with E-state index in [4.69, 9.17) is 21.1 Å². The summed E-state index contributed by atoms with van der Waals surface area (Å²) in [7, 11) is 2.89. The Hall–Kier alpha value is -2.67. The number of amides is 1. The topological polar surface area (TPSA) is 76.1 Å². The van der Waals surface area contributed by atoms with Crippen LogP contribution in [0, 0.1) is 0 Å². The zero-order valence-electron chi connectivity index (χ0n) is 15.5. The molecule has 0 aromatic heterocycles. The van der Waals surface area contributed by atoms with Crippen molar-refractivity contribution in [1.82, 2.24) is 4.90 Å². The molecule has 1 heterocycles. The average Bonchev–Trinajstić information content (AvgIpc) is 2.97. The molecule has 0 saturated carbocycles. The van der Waals surface area contributed by atoms with E-state index >= 15 is 0 Å². The number of likely N-dealkylation sites (tertiary alicyclic amines) is 1. The lowest BCUT2D eigenvalue weighted by Crippen LogP contribution is -2.38. The van der Waals surface area contributed by atoms with Crippen LogP contribution in [-0.2, 0) is 19.1 Å². The number of methoxy groups -OCH3 is 2. The van der Waals surface area contributed by atoms with Crippen molar-refractivity contribution in [2.45, 2.75) is 12.3 Å². The van der Waals surface area contributed by atoms with Crippen LogP contribution in [0.2, 0.25) is 5.02 Å². The number of rotatable bonds is 6. The quantitative estimate of drug-likeness (QED) is 0.347. The van der Waals surface area contributed by atoms with Gasteiger partial charge in [0, 0.05) is 24.8 Å². The Morgan fingerprint density at radius 2 is 1.68 bits per heavy atom. The van der Waals surface area contributed by atoms with E-state index < -0.39 is 24.0 Å². The molecule has 1 fully saturated rings. The Kier molecular flexibility index (Phi) is 6.14. The van der Waals surface area contributed by atoms with Crippen LogP contribution in [0.5, 0.6) is 0 Å². The molecule has 1 aliphatic heterocycles. The van der Waals surface area contributed by atoms with E-state index in [1.165, 1.54) is 19.1 Å². The molecule has 1 aliphatic rings. The second-order valence-corrected chi connectivity index (χ2v) is 6.65. The number of Topliss-reactive ketones (excluding diaryl/α,β-unsaturated/α-hetero) is 1. The lowest BCUT2D eigenvalue weighted by atomic mass is 9.95. The summed E-state index contributed by atoms with van der Waals surface area (Å²) in [6.07, 6.45) is -0.736. The molecule has 1 amide bonds. The number of carbonyl (C=O) groups is 2. The molecule has 6 nitrogen and oxygen atoms in total. The first-order valence-electron chi connectivity index (χ1n) is 8.63. The van der Waals surface area contributed by atoms with Crippen LogP contribution in [0.3, 0.4) is 0 Å². The number of ketones is 1. The summed E-state index contributed by atoms with van der Waals surface area (Å²) in [5.74, 6) is -1.78. The van der Waals surface area contributed by atoms with Crippen molar-refractivity contribution in [3.63, 3.8) is 0 Å². The number of hydrogen-bond acceptors (Lipinski definition) is 5. The Labute approximate surface area is 167 Å². The highest BCUT2D eigenvalue weighted by atomic mass is 35.5. The van der Waals surface area contributed by atoms with Crippen LogP contribution in [0.4, 0.5) is 0 Å². The SMILES string of the molecule is COC(CN1C(=O)C(=O)/C(=C(\O)c2ccccc2)C1c1ccccc1Cl)OC. The van der Waals surface area contributed by atoms with Crippen LogP contribution >= 0.6 is 11.6 Å². The van der Waals surface area contributed by atoms with Gasteiger partial charge in [0.1, 0.15) is 5.76 Å². The first-order chi connectivity index (χ1) is 13.5. The van der Waals surface area contributed by atoms with Gasteiger partial charge in [0.2, 0.25) is 0 Å². The van der Waals surface area contributed by atoms with Crippen LogP contribution in [0.15, 0.2) is 60.2 Å². The molecule has 2 aromatic rings. The molecule has 3 rings (SSSR count). The lowest BCUT2D eigenvalue weighted by molar-refractivity contribution is -0.149. The van der Waals surface area contributed by atoms with E-state index in [1.807, 2.05) is 0 Å². The third-order valence-electron chi connectivity index (χ3n) is 4.66. The smallest absolute Gasteiger partial charge is 0.295 e. The van der Waals surface area contributed by atoms with Gasteiger partial charge in [0.25, 0.3) is 11.7 Å². The minimum Gasteiger partial charge on any atom is -0.507 e. The molecule has 7 heteroatoms. The normalized spacial score (nSPS) is 18.9. The van der Waals surface area contributed by atoms with Crippen molar-refractivity contribution in [1.29, 1.82) is 0 Å². The summed E-state index contributed by atoms with van der Waals surface area (Å²) >= 11 is 6.37. The van der Waals surface area contributed by atoms with Gasteiger partial charge < -0.3 is 19.5 Å². The molecule has 1 saturated heterocycles. The summed E-state index contributed by atoms with van der Waals surface area (Å²) in [6.45, 7) is -0.000959. The number of aliphatic hydroxyl groups excluding tert-OH is 1. The monoisotopic (exact) mass is 401 g/mol. The molecule has 1 atom stereocenters. The largest absolute Gasteiger partial charge is 0.507 e. The highest BCUT2D eigenvalue weighted by Gasteiger charge is 2.47. The molecule has 0 radical (unpaired) electrons. The predicted octanol–water partition coefficient (Wildman–Crippen LogP) is 3.38. The molecule has 1 N–H and O–H groups in total. The summed E-state index contributed by atoms with van der Waals surface area (Å²) < 4.78 is 10.4.